The Morgan fingerprint density at radius 3 is 2.18 bits per heavy atom. The van der Waals surface area contributed by atoms with Crippen LogP contribution in [-0.4, -0.2) is 19.8 Å². The summed E-state index contributed by atoms with van der Waals surface area (Å²) in [6.07, 6.45) is 0.0351. The van der Waals surface area contributed by atoms with Crippen molar-refractivity contribution in [1.82, 2.24) is 0 Å². The van der Waals surface area contributed by atoms with Crippen LogP contribution in [0.1, 0.15) is 32.4 Å². The molecule has 2 N–H and O–H groups in total. The third-order valence-electron chi connectivity index (χ3n) is 2.86. The van der Waals surface area contributed by atoms with Gasteiger partial charge in [-0.1, -0.05) is 26.0 Å². The molecule has 0 aliphatic rings. The van der Waals surface area contributed by atoms with Crippen LogP contribution in [0.3, 0.4) is 0 Å². The Morgan fingerprint density at radius 2 is 1.76 bits per heavy atom. The molecule has 0 aliphatic carbocycles. The lowest BCUT2D eigenvalue weighted by Crippen LogP contribution is -2.32. The molecule has 0 heterocycles. The summed E-state index contributed by atoms with van der Waals surface area (Å²) in [5.74, 6) is 1.27. The van der Waals surface area contributed by atoms with Gasteiger partial charge in [-0.25, -0.2) is 0 Å². The molecular weight excluding hydrogens is 214 g/mol. The molecule has 96 valence electrons. The number of methoxy groups -OCH3 is 1. The van der Waals surface area contributed by atoms with Gasteiger partial charge in [0, 0.05) is 7.11 Å². The average molecular weight is 237 g/mol. The molecule has 2 unspecified atom stereocenters. The van der Waals surface area contributed by atoms with E-state index in [4.69, 9.17) is 15.2 Å². The minimum Gasteiger partial charge on any atom is -0.494 e. The highest BCUT2D eigenvalue weighted by atomic mass is 16.5. The minimum atomic E-state index is -0.101. The predicted octanol–water partition coefficient (Wildman–Crippen LogP) is 2.76. The van der Waals surface area contributed by atoms with Crippen LogP contribution in [-0.2, 0) is 4.74 Å². The number of benzene rings is 1. The molecule has 2 atom stereocenters. The molecule has 0 amide bonds. The highest BCUT2D eigenvalue weighted by Gasteiger charge is 2.22. The monoisotopic (exact) mass is 237 g/mol. The van der Waals surface area contributed by atoms with Gasteiger partial charge >= 0.3 is 0 Å². The van der Waals surface area contributed by atoms with Crippen molar-refractivity contribution in [2.75, 3.05) is 13.7 Å². The Balaban J connectivity index is 2.77. The van der Waals surface area contributed by atoms with Gasteiger partial charge in [-0.15, -0.1) is 0 Å². The highest BCUT2D eigenvalue weighted by Crippen LogP contribution is 2.23. The zero-order valence-electron chi connectivity index (χ0n) is 11.1. The van der Waals surface area contributed by atoms with Crippen LogP contribution in [0.15, 0.2) is 24.3 Å². The first-order chi connectivity index (χ1) is 8.10. The van der Waals surface area contributed by atoms with Crippen LogP contribution in [0.25, 0.3) is 0 Å². The first kappa shape index (κ1) is 14.0. The van der Waals surface area contributed by atoms with Gasteiger partial charge in [0.15, 0.2) is 0 Å². The Bertz CT molecular complexity index is 321. The summed E-state index contributed by atoms with van der Waals surface area (Å²) in [5, 5.41) is 0. The predicted molar refractivity (Wildman–Crippen MR) is 70.2 cm³/mol. The molecule has 1 rings (SSSR count). The lowest BCUT2D eigenvalue weighted by Gasteiger charge is -2.26. The second kappa shape index (κ2) is 6.62. The van der Waals surface area contributed by atoms with E-state index in [1.807, 2.05) is 31.2 Å². The first-order valence-electron chi connectivity index (χ1n) is 6.11. The molecule has 1 aromatic rings. The van der Waals surface area contributed by atoms with Gasteiger partial charge in [-0.3, -0.25) is 0 Å². The van der Waals surface area contributed by atoms with Gasteiger partial charge in [-0.2, -0.15) is 0 Å². The molecule has 0 saturated heterocycles. The molecule has 0 radical (unpaired) electrons. The number of ether oxygens (including phenoxy) is 2. The number of rotatable bonds is 6. The normalized spacial score (nSPS) is 14.7. The molecule has 3 heteroatoms. The van der Waals surface area contributed by atoms with E-state index in [-0.39, 0.29) is 12.1 Å². The molecule has 0 saturated carbocycles. The van der Waals surface area contributed by atoms with E-state index in [1.54, 1.807) is 7.11 Å². The quantitative estimate of drug-likeness (QED) is 0.827. The lowest BCUT2D eigenvalue weighted by atomic mass is 9.94. The van der Waals surface area contributed by atoms with Gasteiger partial charge in [0.2, 0.25) is 0 Å². The van der Waals surface area contributed by atoms with Crippen LogP contribution in [0.2, 0.25) is 0 Å². The van der Waals surface area contributed by atoms with Crippen molar-refractivity contribution in [2.45, 2.75) is 32.9 Å². The molecule has 0 aliphatic heterocycles. The average Bonchev–Trinajstić information content (AvgIpc) is 2.30. The topological polar surface area (TPSA) is 44.5 Å². The van der Waals surface area contributed by atoms with Crippen LogP contribution >= 0.6 is 0 Å². The summed E-state index contributed by atoms with van der Waals surface area (Å²) >= 11 is 0. The zero-order valence-corrected chi connectivity index (χ0v) is 11.1. The minimum absolute atomic E-state index is 0.0351. The Morgan fingerprint density at radius 1 is 1.18 bits per heavy atom. The smallest absolute Gasteiger partial charge is 0.119 e. The van der Waals surface area contributed by atoms with Crippen molar-refractivity contribution >= 4 is 0 Å². The Hall–Kier alpha value is -1.06. The van der Waals surface area contributed by atoms with Crippen LogP contribution in [0.5, 0.6) is 5.75 Å². The first-order valence-corrected chi connectivity index (χ1v) is 6.11. The van der Waals surface area contributed by atoms with E-state index in [1.165, 1.54) is 0 Å². The van der Waals surface area contributed by atoms with Crippen molar-refractivity contribution in [3.63, 3.8) is 0 Å². The highest BCUT2D eigenvalue weighted by molar-refractivity contribution is 5.29. The molecular formula is C14H23NO2. The Labute approximate surface area is 104 Å². The number of hydrogen-bond donors (Lipinski definition) is 1. The van der Waals surface area contributed by atoms with Gasteiger partial charge in [0.25, 0.3) is 0 Å². The standard InChI is InChI=1S/C14H23NO2/c1-5-17-12-8-6-11(7-9-12)13(15)14(16-4)10(2)3/h6-10,13-14H,5,15H2,1-4H3. The lowest BCUT2D eigenvalue weighted by molar-refractivity contribution is 0.0437. The molecule has 0 aromatic heterocycles. The van der Waals surface area contributed by atoms with Crippen molar-refractivity contribution in [2.24, 2.45) is 11.7 Å². The molecule has 17 heavy (non-hydrogen) atoms. The van der Waals surface area contributed by atoms with E-state index in [0.717, 1.165) is 11.3 Å². The molecule has 0 bridgehead atoms. The van der Waals surface area contributed by atoms with Gasteiger partial charge < -0.3 is 15.2 Å². The van der Waals surface area contributed by atoms with E-state index in [2.05, 4.69) is 13.8 Å². The van der Waals surface area contributed by atoms with Crippen molar-refractivity contribution in [3.8, 4) is 5.75 Å². The van der Waals surface area contributed by atoms with Crippen LogP contribution < -0.4 is 10.5 Å². The fraction of sp³-hybridized carbons (Fsp3) is 0.571. The van der Waals surface area contributed by atoms with E-state index >= 15 is 0 Å². The largest absolute Gasteiger partial charge is 0.494 e. The number of nitrogens with two attached hydrogens (primary N) is 1. The molecule has 1 aromatic carbocycles. The van der Waals surface area contributed by atoms with Crippen molar-refractivity contribution < 1.29 is 9.47 Å². The maximum atomic E-state index is 6.21. The van der Waals surface area contributed by atoms with Gasteiger partial charge in [-0.05, 0) is 30.5 Å². The summed E-state index contributed by atoms with van der Waals surface area (Å²) in [6, 6.07) is 7.81. The van der Waals surface area contributed by atoms with Crippen LogP contribution in [0.4, 0.5) is 0 Å². The van der Waals surface area contributed by atoms with E-state index < -0.39 is 0 Å². The van der Waals surface area contributed by atoms with Gasteiger partial charge in [0.1, 0.15) is 5.75 Å². The van der Waals surface area contributed by atoms with E-state index in [0.29, 0.717) is 12.5 Å². The molecule has 0 fully saturated rings. The summed E-state index contributed by atoms with van der Waals surface area (Å²) in [5.41, 5.74) is 7.29. The summed E-state index contributed by atoms with van der Waals surface area (Å²) in [7, 11) is 1.71. The van der Waals surface area contributed by atoms with Crippen molar-refractivity contribution in [3.05, 3.63) is 29.8 Å². The zero-order chi connectivity index (χ0) is 12.8. The molecule has 0 spiro atoms. The maximum absolute atomic E-state index is 6.21. The molecule has 3 nitrogen and oxygen atoms in total. The fourth-order valence-electron chi connectivity index (χ4n) is 1.98. The van der Waals surface area contributed by atoms with E-state index in [9.17, 15) is 0 Å². The Kier molecular flexibility index (Phi) is 5.45. The third kappa shape index (κ3) is 3.72. The van der Waals surface area contributed by atoms with Crippen molar-refractivity contribution in [1.29, 1.82) is 0 Å². The van der Waals surface area contributed by atoms with Gasteiger partial charge in [0.05, 0.1) is 18.8 Å². The fourth-order valence-corrected chi connectivity index (χ4v) is 1.98. The maximum Gasteiger partial charge on any atom is 0.119 e. The van der Waals surface area contributed by atoms with Crippen LogP contribution in [0, 0.1) is 5.92 Å². The second-order valence-corrected chi connectivity index (χ2v) is 4.47. The SMILES string of the molecule is CCOc1ccc(C(N)C(OC)C(C)C)cc1. The number of hydrogen-bond acceptors (Lipinski definition) is 3. The third-order valence-corrected chi connectivity index (χ3v) is 2.86. The summed E-state index contributed by atoms with van der Waals surface area (Å²) in [4.78, 5) is 0. The second-order valence-electron chi connectivity index (χ2n) is 4.47. The summed E-state index contributed by atoms with van der Waals surface area (Å²) in [6.45, 7) is 6.88. The summed E-state index contributed by atoms with van der Waals surface area (Å²) < 4.78 is 10.9.